The predicted octanol–water partition coefficient (Wildman–Crippen LogP) is 3.45. The molecule has 0 unspecified atom stereocenters. The number of aromatic nitrogens is 3. The fourth-order valence-corrected chi connectivity index (χ4v) is 5.67. The van der Waals surface area contributed by atoms with E-state index in [1.54, 1.807) is 0 Å². The molecule has 0 saturated heterocycles. The molecule has 15 heteroatoms. The van der Waals surface area contributed by atoms with Crippen molar-refractivity contribution in [3.05, 3.63) is 70.4 Å². The molecule has 0 radical (unpaired) electrons. The number of nitrogens with one attached hydrogen (secondary N) is 1. The molecule has 4 rings (SSSR count). The molecule has 0 aliphatic rings. The Morgan fingerprint density at radius 3 is 2.34 bits per heavy atom. The molecule has 0 saturated carbocycles. The molecule has 38 heavy (non-hydrogen) atoms. The van der Waals surface area contributed by atoms with Crippen molar-refractivity contribution in [3.63, 3.8) is 0 Å². The zero-order chi connectivity index (χ0) is 27.7. The van der Waals surface area contributed by atoms with E-state index < -0.39 is 53.1 Å². The maximum absolute atomic E-state index is 13.8. The number of hydrogen-bond acceptors (Lipinski definition) is 7. The van der Waals surface area contributed by atoms with Crippen LogP contribution in [0, 0.1) is 11.8 Å². The third-order valence-corrected chi connectivity index (χ3v) is 8.17. The van der Waals surface area contributed by atoms with Gasteiger partial charge in [0.2, 0.25) is 0 Å². The highest BCUT2D eigenvalue weighted by atomic mass is 32.2. The summed E-state index contributed by atoms with van der Waals surface area (Å²) in [5.41, 5.74) is -1.23. The number of nitrogens with zero attached hydrogens (tertiary/aromatic N) is 3. The number of thiophene rings is 1. The summed E-state index contributed by atoms with van der Waals surface area (Å²) in [7, 11) is -4.04. The van der Waals surface area contributed by atoms with Gasteiger partial charge in [0.15, 0.2) is 5.65 Å². The summed E-state index contributed by atoms with van der Waals surface area (Å²) in [5, 5.41) is 22.1. The molecule has 200 valence electrons. The average Bonchev–Trinajstić information content (AvgIpc) is 3.52. The van der Waals surface area contributed by atoms with Gasteiger partial charge in [-0.2, -0.15) is 18.3 Å². The lowest BCUT2D eigenvalue weighted by molar-refractivity contribution is -0.137. The molecule has 0 fully saturated rings. The van der Waals surface area contributed by atoms with Gasteiger partial charge < -0.3 is 10.2 Å². The van der Waals surface area contributed by atoms with Crippen molar-refractivity contribution in [2.75, 3.05) is 13.2 Å². The van der Waals surface area contributed by atoms with Crippen LogP contribution in [0.3, 0.4) is 0 Å². The van der Waals surface area contributed by atoms with Gasteiger partial charge in [-0.15, -0.1) is 11.3 Å². The van der Waals surface area contributed by atoms with Gasteiger partial charge in [-0.05, 0) is 30.3 Å². The van der Waals surface area contributed by atoms with E-state index in [2.05, 4.69) is 26.6 Å². The lowest BCUT2D eigenvalue weighted by Crippen LogP contribution is -2.39. The van der Waals surface area contributed by atoms with Crippen molar-refractivity contribution in [2.45, 2.75) is 22.9 Å². The van der Waals surface area contributed by atoms with Crippen molar-refractivity contribution in [3.8, 4) is 23.1 Å². The van der Waals surface area contributed by atoms with Gasteiger partial charge in [0.05, 0.1) is 47.2 Å². The van der Waals surface area contributed by atoms with Gasteiger partial charge in [0.1, 0.15) is 9.90 Å². The van der Waals surface area contributed by atoms with E-state index in [1.165, 1.54) is 18.3 Å². The Morgan fingerprint density at radius 1 is 1.05 bits per heavy atom. The topological polar surface area (TPSA) is 117 Å². The van der Waals surface area contributed by atoms with Gasteiger partial charge in [0.25, 0.3) is 16.4 Å². The Balaban J connectivity index is 1.70. The normalized spacial score (nSPS) is 12.3. The Hall–Kier alpha value is -3.42. The van der Waals surface area contributed by atoms with E-state index in [1.807, 2.05) is 0 Å². The molecule has 0 amide bonds. The molecule has 4 aromatic rings. The average molecular weight is 573 g/mol. The molecular weight excluding hydrogens is 555 g/mol. The predicted molar refractivity (Wildman–Crippen MR) is 127 cm³/mol. The second kappa shape index (κ2) is 10.8. The quantitative estimate of drug-likeness (QED) is 0.231. The summed E-state index contributed by atoms with van der Waals surface area (Å²) >= 11 is 0.795. The van der Waals surface area contributed by atoms with Crippen LogP contribution in [0.25, 0.3) is 16.9 Å². The largest absolute Gasteiger partial charge is 0.416 e. The van der Waals surface area contributed by atoms with E-state index >= 15 is 0 Å². The first-order chi connectivity index (χ1) is 17.9. The molecule has 0 atom stereocenters. The Labute approximate surface area is 216 Å². The molecule has 0 bridgehead atoms. The van der Waals surface area contributed by atoms with Gasteiger partial charge in [0, 0.05) is 5.56 Å². The summed E-state index contributed by atoms with van der Waals surface area (Å²) in [6.07, 6.45) is -6.35. The number of aliphatic hydroxyl groups is 2. The summed E-state index contributed by atoms with van der Waals surface area (Å²) in [4.78, 5) is 4.58. The Kier molecular flexibility index (Phi) is 7.81. The van der Waals surface area contributed by atoms with Crippen molar-refractivity contribution < 1.29 is 40.6 Å². The molecule has 0 aliphatic carbocycles. The van der Waals surface area contributed by atoms with Crippen LogP contribution in [0.2, 0.25) is 0 Å². The van der Waals surface area contributed by atoms with Crippen LogP contribution in [-0.4, -0.2) is 52.5 Å². The molecular formula is C23H17F5N4O4S2. The minimum absolute atomic E-state index is 0.0111. The van der Waals surface area contributed by atoms with Crippen LogP contribution in [0.15, 0.2) is 52.9 Å². The molecule has 3 N–H and O–H groups in total. The minimum Gasteiger partial charge on any atom is -0.395 e. The van der Waals surface area contributed by atoms with E-state index in [-0.39, 0.29) is 26.7 Å². The third-order valence-electron chi connectivity index (χ3n) is 5.16. The fourth-order valence-electron chi connectivity index (χ4n) is 3.28. The van der Waals surface area contributed by atoms with Gasteiger partial charge in [-0.3, -0.25) is 0 Å². The molecule has 0 aliphatic heterocycles. The van der Waals surface area contributed by atoms with Gasteiger partial charge in [-0.25, -0.2) is 31.4 Å². The van der Waals surface area contributed by atoms with Crippen molar-refractivity contribution in [1.29, 1.82) is 0 Å². The number of sulfonamides is 1. The Morgan fingerprint density at radius 2 is 1.74 bits per heavy atom. The first-order valence-corrected chi connectivity index (χ1v) is 12.9. The van der Waals surface area contributed by atoms with Crippen LogP contribution in [0.1, 0.15) is 28.1 Å². The monoisotopic (exact) mass is 572 g/mol. The SMILES string of the molecule is O=S(=O)(NC(CO)CO)c1ccc(C#Cc2cnn3c(C(F)F)cc(-c4ccc(C(F)(F)F)cc4)nc23)s1. The van der Waals surface area contributed by atoms with E-state index in [0.717, 1.165) is 46.2 Å². The smallest absolute Gasteiger partial charge is 0.395 e. The summed E-state index contributed by atoms with van der Waals surface area (Å²) < 4.78 is 93.9. The fraction of sp³-hybridized carbons (Fsp3) is 0.217. The van der Waals surface area contributed by atoms with Gasteiger partial charge in [-0.1, -0.05) is 24.0 Å². The number of rotatable bonds is 7. The lowest BCUT2D eigenvalue weighted by Gasteiger charge is -2.12. The van der Waals surface area contributed by atoms with Crippen molar-refractivity contribution in [2.24, 2.45) is 0 Å². The molecule has 8 nitrogen and oxygen atoms in total. The number of fused-ring (bicyclic) bond motifs is 1. The first kappa shape index (κ1) is 27.6. The van der Waals surface area contributed by atoms with Crippen molar-refractivity contribution in [1.82, 2.24) is 19.3 Å². The van der Waals surface area contributed by atoms with Crippen LogP contribution >= 0.6 is 11.3 Å². The highest BCUT2D eigenvalue weighted by Crippen LogP contribution is 2.32. The second-order valence-electron chi connectivity index (χ2n) is 7.79. The van der Waals surface area contributed by atoms with E-state index in [4.69, 9.17) is 10.2 Å². The maximum atomic E-state index is 13.8. The molecule has 3 aromatic heterocycles. The van der Waals surface area contributed by atoms with E-state index in [0.29, 0.717) is 4.88 Å². The van der Waals surface area contributed by atoms with Gasteiger partial charge >= 0.3 is 6.18 Å². The number of alkyl halides is 5. The molecule has 1 aromatic carbocycles. The molecule has 3 heterocycles. The Bertz CT molecular complexity index is 1620. The number of aliphatic hydroxyl groups excluding tert-OH is 2. The van der Waals surface area contributed by atoms with Crippen molar-refractivity contribution >= 4 is 27.0 Å². The summed E-state index contributed by atoms with van der Waals surface area (Å²) in [6, 6.07) is 6.52. The highest BCUT2D eigenvalue weighted by Gasteiger charge is 2.30. The van der Waals surface area contributed by atoms with Crippen LogP contribution in [-0.2, 0) is 16.2 Å². The van der Waals surface area contributed by atoms with Crippen LogP contribution in [0.5, 0.6) is 0 Å². The maximum Gasteiger partial charge on any atom is 0.416 e. The minimum atomic E-state index is -4.56. The zero-order valence-corrected chi connectivity index (χ0v) is 20.6. The second-order valence-corrected chi connectivity index (χ2v) is 10.8. The summed E-state index contributed by atoms with van der Waals surface area (Å²) in [5.74, 6) is 5.43. The highest BCUT2D eigenvalue weighted by molar-refractivity contribution is 7.91. The number of benzene rings is 1. The van der Waals surface area contributed by atoms with Crippen LogP contribution in [0.4, 0.5) is 22.0 Å². The van der Waals surface area contributed by atoms with E-state index in [9.17, 15) is 30.4 Å². The standard InChI is InChI=1S/C23H17F5N4O4S2/c24-21(25)19-9-18(13-1-4-15(5-2-13)23(26,27)28)30-22-14(10-29-32(19)22)3-6-17-7-8-20(37-17)38(35,36)31-16(11-33)12-34/h1-2,4-5,7-10,16,21,31,33-34H,11-12H2. The third kappa shape index (κ3) is 5.84. The number of hydrogen-bond donors (Lipinski definition) is 3. The summed E-state index contributed by atoms with van der Waals surface area (Å²) in [6.45, 7) is -1.21. The van der Waals surface area contributed by atoms with Crippen LogP contribution < -0.4 is 4.72 Å². The zero-order valence-electron chi connectivity index (χ0n) is 18.9. The number of halogens is 5. The first-order valence-electron chi connectivity index (χ1n) is 10.6. The lowest BCUT2D eigenvalue weighted by atomic mass is 10.1. The molecule has 0 spiro atoms.